The van der Waals surface area contributed by atoms with E-state index in [-0.39, 0.29) is 10.5 Å². The maximum Gasteiger partial charge on any atom is 0.283 e. The second-order valence-electron chi connectivity index (χ2n) is 3.18. The highest BCUT2D eigenvalue weighted by molar-refractivity contribution is 8.14. The molecule has 0 saturated carbocycles. The zero-order valence-corrected chi connectivity index (χ0v) is 10.7. The van der Waals surface area contributed by atoms with Gasteiger partial charge in [0.2, 0.25) is 0 Å². The number of benzene rings is 1. The molecule has 0 heterocycles. The van der Waals surface area contributed by atoms with E-state index < -0.39 is 0 Å². The van der Waals surface area contributed by atoms with Crippen LogP contribution in [0.15, 0.2) is 18.2 Å². The molecule has 0 aliphatic heterocycles. The third-order valence-electron chi connectivity index (χ3n) is 1.53. The van der Waals surface area contributed by atoms with Gasteiger partial charge in [0, 0.05) is 5.25 Å². The van der Waals surface area contributed by atoms with E-state index in [1.165, 1.54) is 11.8 Å². The van der Waals surface area contributed by atoms with Crippen molar-refractivity contribution in [1.29, 1.82) is 0 Å². The average Bonchev–Trinajstić information content (AvgIpc) is 2.11. The zero-order valence-electron chi connectivity index (χ0n) is 8.38. The molecule has 5 heteroatoms. The maximum absolute atomic E-state index is 11.4. The van der Waals surface area contributed by atoms with Gasteiger partial charge in [-0.05, 0) is 12.1 Å². The fraction of sp³-hybridized carbons (Fsp3) is 0.300. The summed E-state index contributed by atoms with van der Waals surface area (Å²) in [6, 6.07) is 5.13. The summed E-state index contributed by atoms with van der Waals surface area (Å²) in [7, 11) is 0. The van der Waals surface area contributed by atoms with Crippen LogP contribution in [0.1, 0.15) is 13.8 Å². The van der Waals surface area contributed by atoms with Crippen LogP contribution in [0.2, 0.25) is 10.0 Å². The molecule has 0 unspecified atom stereocenters. The van der Waals surface area contributed by atoms with Crippen molar-refractivity contribution < 1.29 is 4.79 Å². The minimum atomic E-state index is -0.130. The van der Waals surface area contributed by atoms with Crippen molar-refractivity contribution in [2.45, 2.75) is 19.1 Å². The Hall–Kier alpha value is -0.380. The first-order valence-corrected chi connectivity index (χ1v) is 6.06. The number of thioether (sulfide) groups is 1. The fourth-order valence-electron chi connectivity index (χ4n) is 0.954. The number of anilines is 1. The molecule has 0 aliphatic rings. The number of hydrogen-bond donors (Lipinski definition) is 1. The Morgan fingerprint density at radius 3 is 2.67 bits per heavy atom. The van der Waals surface area contributed by atoms with Crippen molar-refractivity contribution in [2.24, 2.45) is 0 Å². The molecule has 0 aliphatic carbocycles. The van der Waals surface area contributed by atoms with Crippen molar-refractivity contribution in [1.82, 2.24) is 0 Å². The highest BCUT2D eigenvalue weighted by Gasteiger charge is 2.09. The van der Waals surface area contributed by atoms with E-state index in [1.54, 1.807) is 18.2 Å². The molecule has 0 aromatic heterocycles. The number of halogens is 2. The Morgan fingerprint density at radius 2 is 2.07 bits per heavy atom. The van der Waals surface area contributed by atoms with E-state index in [1.807, 2.05) is 13.8 Å². The summed E-state index contributed by atoms with van der Waals surface area (Å²) >= 11 is 12.9. The quantitative estimate of drug-likeness (QED) is 0.841. The molecule has 0 radical (unpaired) electrons. The van der Waals surface area contributed by atoms with Crippen LogP contribution < -0.4 is 5.32 Å². The number of nitrogens with one attached hydrogen (secondary N) is 1. The molecule has 0 saturated heterocycles. The van der Waals surface area contributed by atoms with Crippen LogP contribution in [0.25, 0.3) is 0 Å². The van der Waals surface area contributed by atoms with Crippen LogP contribution in [0.3, 0.4) is 0 Å². The number of hydrogen-bond acceptors (Lipinski definition) is 2. The normalized spacial score (nSPS) is 10.5. The summed E-state index contributed by atoms with van der Waals surface area (Å²) in [4.78, 5) is 11.4. The first-order chi connectivity index (χ1) is 7.00. The van der Waals surface area contributed by atoms with Gasteiger partial charge in [0.25, 0.3) is 5.24 Å². The summed E-state index contributed by atoms with van der Waals surface area (Å²) in [6.07, 6.45) is 0. The lowest BCUT2D eigenvalue weighted by molar-refractivity contribution is 0.269. The molecule has 2 nitrogen and oxygen atoms in total. The summed E-state index contributed by atoms with van der Waals surface area (Å²) in [5, 5.41) is 3.60. The molecule has 1 N–H and O–H groups in total. The molecule has 15 heavy (non-hydrogen) atoms. The Morgan fingerprint density at radius 1 is 1.40 bits per heavy atom. The van der Waals surface area contributed by atoms with Crippen molar-refractivity contribution in [3.63, 3.8) is 0 Å². The molecule has 1 rings (SSSR count). The third-order valence-corrected chi connectivity index (χ3v) is 3.14. The van der Waals surface area contributed by atoms with Gasteiger partial charge in [-0.3, -0.25) is 4.79 Å². The van der Waals surface area contributed by atoms with Crippen molar-refractivity contribution in [2.75, 3.05) is 5.32 Å². The SMILES string of the molecule is CC(C)SC(=O)Nc1cccc(Cl)c1Cl. The molecule has 0 bridgehead atoms. The predicted molar refractivity (Wildman–Crippen MR) is 68.2 cm³/mol. The van der Waals surface area contributed by atoms with E-state index in [2.05, 4.69) is 5.32 Å². The molecular formula is C10H11Cl2NOS. The Labute approximate surface area is 103 Å². The van der Waals surface area contributed by atoms with Crippen molar-refractivity contribution in [3.05, 3.63) is 28.2 Å². The van der Waals surface area contributed by atoms with E-state index in [9.17, 15) is 4.79 Å². The minimum Gasteiger partial charge on any atom is -0.315 e. The van der Waals surface area contributed by atoms with Gasteiger partial charge in [-0.1, -0.05) is 54.9 Å². The molecule has 0 fully saturated rings. The van der Waals surface area contributed by atoms with Gasteiger partial charge >= 0.3 is 0 Å². The van der Waals surface area contributed by atoms with Crippen LogP contribution >= 0.6 is 35.0 Å². The summed E-state index contributed by atoms with van der Waals surface area (Å²) in [5.41, 5.74) is 0.544. The second-order valence-corrected chi connectivity index (χ2v) is 5.51. The molecule has 82 valence electrons. The van der Waals surface area contributed by atoms with E-state index >= 15 is 0 Å². The predicted octanol–water partition coefficient (Wildman–Crippen LogP) is 4.67. The lowest BCUT2D eigenvalue weighted by Crippen LogP contribution is -2.08. The van der Waals surface area contributed by atoms with Gasteiger partial charge in [0.05, 0.1) is 15.7 Å². The van der Waals surface area contributed by atoms with E-state index in [4.69, 9.17) is 23.2 Å². The van der Waals surface area contributed by atoms with Crippen molar-refractivity contribution in [3.8, 4) is 0 Å². The van der Waals surface area contributed by atoms with Gasteiger partial charge in [-0.25, -0.2) is 0 Å². The van der Waals surface area contributed by atoms with E-state index in [0.717, 1.165) is 0 Å². The topological polar surface area (TPSA) is 29.1 Å². The lowest BCUT2D eigenvalue weighted by Gasteiger charge is -2.08. The number of carbonyl (C=O) groups excluding carboxylic acids is 1. The van der Waals surface area contributed by atoms with Crippen LogP contribution in [0.4, 0.5) is 10.5 Å². The molecule has 1 aromatic rings. The molecule has 0 spiro atoms. The second kappa shape index (κ2) is 5.64. The number of amides is 1. The summed E-state index contributed by atoms with van der Waals surface area (Å²) < 4.78 is 0. The van der Waals surface area contributed by atoms with Gasteiger partial charge in [-0.15, -0.1) is 0 Å². The smallest absolute Gasteiger partial charge is 0.283 e. The highest BCUT2D eigenvalue weighted by Crippen LogP contribution is 2.30. The Kier molecular flexibility index (Phi) is 4.77. The van der Waals surface area contributed by atoms with Crippen molar-refractivity contribution >= 4 is 45.9 Å². The van der Waals surface area contributed by atoms with Gasteiger partial charge in [0.1, 0.15) is 0 Å². The zero-order chi connectivity index (χ0) is 11.4. The number of rotatable bonds is 2. The van der Waals surface area contributed by atoms with Crippen LogP contribution in [-0.4, -0.2) is 10.5 Å². The third kappa shape index (κ3) is 3.93. The molecule has 1 aromatic carbocycles. The minimum absolute atomic E-state index is 0.130. The fourth-order valence-corrected chi connectivity index (χ4v) is 1.90. The lowest BCUT2D eigenvalue weighted by atomic mass is 10.3. The van der Waals surface area contributed by atoms with Crippen LogP contribution in [-0.2, 0) is 0 Å². The first-order valence-electron chi connectivity index (χ1n) is 4.42. The Balaban J connectivity index is 2.73. The summed E-state index contributed by atoms with van der Waals surface area (Å²) in [6.45, 7) is 3.90. The molecule has 1 amide bonds. The van der Waals surface area contributed by atoms with Crippen LogP contribution in [0, 0.1) is 0 Å². The Bertz CT molecular complexity index is 368. The maximum atomic E-state index is 11.4. The van der Waals surface area contributed by atoms with Gasteiger partial charge < -0.3 is 5.32 Å². The molecule has 0 atom stereocenters. The van der Waals surface area contributed by atoms with Gasteiger partial charge in [0.15, 0.2) is 0 Å². The monoisotopic (exact) mass is 263 g/mol. The molecular weight excluding hydrogens is 253 g/mol. The van der Waals surface area contributed by atoms with Gasteiger partial charge in [-0.2, -0.15) is 0 Å². The largest absolute Gasteiger partial charge is 0.315 e. The van der Waals surface area contributed by atoms with Crippen LogP contribution in [0.5, 0.6) is 0 Å². The van der Waals surface area contributed by atoms with E-state index in [0.29, 0.717) is 15.7 Å². The first kappa shape index (κ1) is 12.7. The standard InChI is InChI=1S/C10H11Cl2NOS/c1-6(2)15-10(14)13-8-5-3-4-7(11)9(8)12/h3-6H,1-2H3,(H,13,14). The number of carbonyl (C=O) groups is 1. The average molecular weight is 264 g/mol. The summed E-state index contributed by atoms with van der Waals surface area (Å²) in [5.74, 6) is 0. The highest BCUT2D eigenvalue weighted by atomic mass is 35.5.